The van der Waals surface area contributed by atoms with Crippen LogP contribution in [0.15, 0.2) is 40.9 Å². The predicted octanol–water partition coefficient (Wildman–Crippen LogP) is 4.66. The Morgan fingerprint density at radius 2 is 1.95 bits per heavy atom. The maximum Gasteiger partial charge on any atom is 0.231 e. The molecule has 20 heavy (non-hydrogen) atoms. The number of benzene rings is 2. The number of hydrogen-bond acceptors (Lipinski definition) is 3. The molecule has 0 fully saturated rings. The van der Waals surface area contributed by atoms with Gasteiger partial charge in [-0.25, -0.2) is 0 Å². The minimum atomic E-state index is 0.192. The largest absolute Gasteiger partial charge is 0.454 e. The molecule has 2 aromatic rings. The Kier molecular flexibility index (Phi) is 3.57. The van der Waals surface area contributed by atoms with E-state index in [1.54, 1.807) is 0 Å². The summed E-state index contributed by atoms with van der Waals surface area (Å²) >= 11 is 3.56. The van der Waals surface area contributed by atoms with Crippen LogP contribution in [0.25, 0.3) is 0 Å². The van der Waals surface area contributed by atoms with E-state index in [0.29, 0.717) is 6.79 Å². The number of anilines is 1. The van der Waals surface area contributed by atoms with Crippen LogP contribution in [0, 0.1) is 6.92 Å². The zero-order chi connectivity index (χ0) is 14.1. The average Bonchev–Trinajstić information content (AvgIpc) is 2.91. The lowest BCUT2D eigenvalue weighted by Gasteiger charge is -2.18. The molecule has 0 radical (unpaired) electrons. The quantitative estimate of drug-likeness (QED) is 0.886. The normalized spacial score (nSPS) is 14.2. The maximum absolute atomic E-state index is 5.42. The van der Waals surface area contributed by atoms with Crippen molar-refractivity contribution in [3.8, 4) is 11.5 Å². The molecule has 1 atom stereocenters. The summed E-state index contributed by atoms with van der Waals surface area (Å²) in [6.07, 6.45) is 0. The number of nitrogens with one attached hydrogen (secondary N) is 1. The third-order valence-corrected chi connectivity index (χ3v) is 4.40. The summed E-state index contributed by atoms with van der Waals surface area (Å²) in [5.41, 5.74) is 3.51. The van der Waals surface area contributed by atoms with Gasteiger partial charge in [0.15, 0.2) is 11.5 Å². The molecule has 0 amide bonds. The molecular weight excluding hydrogens is 318 g/mol. The Hall–Kier alpha value is -1.68. The Labute approximate surface area is 127 Å². The van der Waals surface area contributed by atoms with Gasteiger partial charge in [-0.1, -0.05) is 28.1 Å². The monoisotopic (exact) mass is 333 g/mol. The van der Waals surface area contributed by atoms with Gasteiger partial charge >= 0.3 is 0 Å². The fraction of sp³-hybridized carbons (Fsp3) is 0.250. The highest BCUT2D eigenvalue weighted by Gasteiger charge is 2.16. The Balaban J connectivity index is 1.82. The second-order valence-electron chi connectivity index (χ2n) is 4.89. The fourth-order valence-corrected chi connectivity index (χ4v) is 2.63. The summed E-state index contributed by atoms with van der Waals surface area (Å²) in [6.45, 7) is 4.54. The average molecular weight is 334 g/mol. The van der Waals surface area contributed by atoms with Crippen molar-refractivity contribution in [2.45, 2.75) is 19.9 Å². The fourth-order valence-electron chi connectivity index (χ4n) is 2.26. The molecule has 2 aromatic carbocycles. The van der Waals surface area contributed by atoms with Crippen LogP contribution < -0.4 is 14.8 Å². The topological polar surface area (TPSA) is 30.5 Å². The smallest absolute Gasteiger partial charge is 0.231 e. The molecule has 4 heteroatoms. The van der Waals surface area contributed by atoms with Crippen molar-refractivity contribution in [2.75, 3.05) is 12.1 Å². The number of halogens is 1. The standard InChI is InChI=1S/C16H16BrNO2/c1-10-13(17)4-3-5-14(10)18-11(2)12-6-7-15-16(8-12)20-9-19-15/h3-8,11,18H,9H2,1-2H3. The first kappa shape index (κ1) is 13.3. The molecule has 104 valence electrons. The Morgan fingerprint density at radius 1 is 1.15 bits per heavy atom. The van der Waals surface area contributed by atoms with Crippen LogP contribution in [0.2, 0.25) is 0 Å². The molecule has 3 rings (SSSR count). The van der Waals surface area contributed by atoms with Crippen LogP contribution in [0.5, 0.6) is 11.5 Å². The summed E-state index contributed by atoms with van der Waals surface area (Å²) in [4.78, 5) is 0. The zero-order valence-electron chi connectivity index (χ0n) is 11.4. The summed E-state index contributed by atoms with van der Waals surface area (Å²) in [6, 6.07) is 12.4. The molecule has 0 aromatic heterocycles. The van der Waals surface area contributed by atoms with E-state index in [2.05, 4.69) is 47.2 Å². The molecule has 1 heterocycles. The maximum atomic E-state index is 5.42. The van der Waals surface area contributed by atoms with Crippen LogP contribution in [-0.2, 0) is 0 Å². The molecule has 0 bridgehead atoms. The lowest BCUT2D eigenvalue weighted by molar-refractivity contribution is 0.174. The zero-order valence-corrected chi connectivity index (χ0v) is 13.0. The van der Waals surface area contributed by atoms with E-state index in [4.69, 9.17) is 9.47 Å². The summed E-state index contributed by atoms with van der Waals surface area (Å²) < 4.78 is 11.9. The second-order valence-corrected chi connectivity index (χ2v) is 5.75. The van der Waals surface area contributed by atoms with Gasteiger partial charge in [0.05, 0.1) is 0 Å². The highest BCUT2D eigenvalue weighted by molar-refractivity contribution is 9.10. The molecule has 1 aliphatic rings. The van der Waals surface area contributed by atoms with Crippen molar-refractivity contribution in [2.24, 2.45) is 0 Å². The van der Waals surface area contributed by atoms with E-state index >= 15 is 0 Å². The Bertz CT molecular complexity index is 642. The molecule has 0 spiro atoms. The van der Waals surface area contributed by atoms with E-state index in [1.165, 1.54) is 11.1 Å². The molecule has 0 aliphatic carbocycles. The van der Waals surface area contributed by atoms with E-state index in [-0.39, 0.29) is 6.04 Å². The first-order valence-electron chi connectivity index (χ1n) is 6.56. The van der Waals surface area contributed by atoms with Gasteiger partial charge in [0.2, 0.25) is 6.79 Å². The van der Waals surface area contributed by atoms with Crippen molar-refractivity contribution in [3.05, 3.63) is 52.0 Å². The van der Waals surface area contributed by atoms with Gasteiger partial charge in [0, 0.05) is 16.2 Å². The molecule has 1 N–H and O–H groups in total. The molecule has 1 aliphatic heterocycles. The first-order chi connectivity index (χ1) is 9.65. The van der Waals surface area contributed by atoms with E-state index in [9.17, 15) is 0 Å². The summed E-state index contributed by atoms with van der Waals surface area (Å²) in [5, 5.41) is 3.53. The Morgan fingerprint density at radius 3 is 2.80 bits per heavy atom. The minimum absolute atomic E-state index is 0.192. The van der Waals surface area contributed by atoms with Gasteiger partial charge < -0.3 is 14.8 Å². The predicted molar refractivity (Wildman–Crippen MR) is 83.5 cm³/mol. The van der Waals surface area contributed by atoms with Gasteiger partial charge in [-0.2, -0.15) is 0 Å². The van der Waals surface area contributed by atoms with Crippen LogP contribution in [0.4, 0.5) is 5.69 Å². The van der Waals surface area contributed by atoms with Gasteiger partial charge in [-0.05, 0) is 49.2 Å². The van der Waals surface area contributed by atoms with Crippen molar-refractivity contribution < 1.29 is 9.47 Å². The van der Waals surface area contributed by atoms with Crippen LogP contribution in [-0.4, -0.2) is 6.79 Å². The van der Waals surface area contributed by atoms with E-state index < -0.39 is 0 Å². The minimum Gasteiger partial charge on any atom is -0.454 e. The number of hydrogen-bond donors (Lipinski definition) is 1. The van der Waals surface area contributed by atoms with Gasteiger partial charge in [-0.15, -0.1) is 0 Å². The summed E-state index contributed by atoms with van der Waals surface area (Å²) in [7, 11) is 0. The van der Waals surface area contributed by atoms with Crippen LogP contribution in [0.3, 0.4) is 0 Å². The van der Waals surface area contributed by atoms with Crippen LogP contribution in [0.1, 0.15) is 24.1 Å². The molecule has 0 saturated carbocycles. The third kappa shape index (κ3) is 2.48. The highest BCUT2D eigenvalue weighted by atomic mass is 79.9. The summed E-state index contributed by atoms with van der Waals surface area (Å²) in [5.74, 6) is 1.64. The highest BCUT2D eigenvalue weighted by Crippen LogP contribution is 2.35. The lowest BCUT2D eigenvalue weighted by Crippen LogP contribution is -2.07. The SMILES string of the molecule is Cc1c(Br)cccc1NC(C)c1ccc2c(c1)OCO2. The van der Waals surface area contributed by atoms with Crippen molar-refractivity contribution in [3.63, 3.8) is 0 Å². The first-order valence-corrected chi connectivity index (χ1v) is 7.35. The van der Waals surface area contributed by atoms with Crippen molar-refractivity contribution in [1.82, 2.24) is 0 Å². The van der Waals surface area contributed by atoms with Gasteiger partial charge in [0.1, 0.15) is 0 Å². The molecule has 3 nitrogen and oxygen atoms in total. The third-order valence-electron chi connectivity index (χ3n) is 3.54. The van der Waals surface area contributed by atoms with Crippen LogP contribution >= 0.6 is 15.9 Å². The second kappa shape index (κ2) is 5.37. The van der Waals surface area contributed by atoms with Gasteiger partial charge in [-0.3, -0.25) is 0 Å². The van der Waals surface area contributed by atoms with Crippen molar-refractivity contribution in [1.29, 1.82) is 0 Å². The molecular formula is C16H16BrNO2. The number of fused-ring (bicyclic) bond motifs is 1. The molecule has 1 unspecified atom stereocenters. The van der Waals surface area contributed by atoms with Gasteiger partial charge in [0.25, 0.3) is 0 Å². The van der Waals surface area contributed by atoms with Crippen molar-refractivity contribution >= 4 is 21.6 Å². The number of ether oxygens (including phenoxy) is 2. The number of rotatable bonds is 3. The molecule has 0 saturated heterocycles. The lowest BCUT2D eigenvalue weighted by atomic mass is 10.1. The van der Waals surface area contributed by atoms with E-state index in [0.717, 1.165) is 21.7 Å². The van der Waals surface area contributed by atoms with E-state index in [1.807, 2.05) is 24.3 Å².